The summed E-state index contributed by atoms with van der Waals surface area (Å²) in [6.45, 7) is 2.40. The molecule has 128 valence electrons. The number of halogens is 1. The highest BCUT2D eigenvalue weighted by atomic mass is 35.5. The van der Waals surface area contributed by atoms with E-state index in [1.807, 2.05) is 31.2 Å². The second-order valence-electron chi connectivity index (χ2n) is 5.10. The number of benzene rings is 1. The molecule has 1 unspecified atom stereocenters. The quantitative estimate of drug-likeness (QED) is 0.872. The molecule has 1 aliphatic heterocycles. The Morgan fingerprint density at radius 3 is 2.83 bits per heavy atom. The van der Waals surface area contributed by atoms with E-state index in [0.717, 1.165) is 12.8 Å². The minimum absolute atomic E-state index is 0.0791. The van der Waals surface area contributed by atoms with Crippen LogP contribution in [0.4, 0.5) is 11.4 Å². The Balaban J connectivity index is 0.00000100. The fourth-order valence-corrected chi connectivity index (χ4v) is 2.68. The van der Waals surface area contributed by atoms with Crippen molar-refractivity contribution in [2.24, 2.45) is 0 Å². The average Bonchev–Trinajstić information content (AvgIpc) is 2.62. The molecule has 6 nitrogen and oxygen atoms in total. The van der Waals surface area contributed by atoms with Gasteiger partial charge in [0.05, 0.1) is 22.4 Å². The molecule has 0 spiro atoms. The average molecular weight is 350 g/mol. The van der Waals surface area contributed by atoms with Crippen molar-refractivity contribution in [2.75, 3.05) is 31.0 Å². The number of aliphatic hydroxyl groups is 1. The summed E-state index contributed by atoms with van der Waals surface area (Å²) >= 11 is 5.95. The molecule has 1 aromatic heterocycles. The largest absolute Gasteiger partial charge is 0.489 e. The molecule has 2 aromatic rings. The van der Waals surface area contributed by atoms with E-state index in [4.69, 9.17) is 21.4 Å². The van der Waals surface area contributed by atoms with E-state index < -0.39 is 0 Å². The summed E-state index contributed by atoms with van der Waals surface area (Å²) in [7, 11) is 2.74. The van der Waals surface area contributed by atoms with Crippen molar-refractivity contribution in [2.45, 2.75) is 13.0 Å². The Morgan fingerprint density at radius 1 is 1.42 bits per heavy atom. The molecular formula is C17H20ClN3O3. The zero-order valence-corrected chi connectivity index (χ0v) is 14.5. The standard InChI is InChI=1S/C16H16ClN3O2.CH4O/c1-10-9-22-14-6-4-3-5-13(14)20(10)16(21)15-12(18-2)7-11(17)8-19-15;1-2/h3-8,10,18H,9H2,1-2H3;2H,1H3. The highest BCUT2D eigenvalue weighted by Gasteiger charge is 2.31. The number of para-hydroxylation sites is 2. The van der Waals surface area contributed by atoms with E-state index in [-0.39, 0.29) is 11.9 Å². The highest BCUT2D eigenvalue weighted by Crippen LogP contribution is 2.35. The van der Waals surface area contributed by atoms with Gasteiger partial charge in [-0.15, -0.1) is 0 Å². The summed E-state index contributed by atoms with van der Waals surface area (Å²) in [4.78, 5) is 18.9. The Hall–Kier alpha value is -2.31. The Bertz CT molecular complexity index is 724. The van der Waals surface area contributed by atoms with Crippen LogP contribution in [0.3, 0.4) is 0 Å². The van der Waals surface area contributed by atoms with E-state index in [9.17, 15) is 4.79 Å². The monoisotopic (exact) mass is 349 g/mol. The van der Waals surface area contributed by atoms with Gasteiger partial charge >= 0.3 is 0 Å². The summed E-state index contributed by atoms with van der Waals surface area (Å²) in [6.07, 6.45) is 1.48. The molecule has 1 aliphatic rings. The lowest BCUT2D eigenvalue weighted by Crippen LogP contribution is -2.45. The fraction of sp³-hybridized carbons (Fsp3) is 0.294. The van der Waals surface area contributed by atoms with Crippen molar-refractivity contribution in [3.05, 3.63) is 47.2 Å². The van der Waals surface area contributed by atoms with Crippen LogP contribution in [0.15, 0.2) is 36.5 Å². The third-order valence-electron chi connectivity index (χ3n) is 3.59. The first-order valence-electron chi connectivity index (χ1n) is 7.45. The molecule has 0 fully saturated rings. The van der Waals surface area contributed by atoms with Gasteiger partial charge in [0.25, 0.3) is 5.91 Å². The maximum atomic E-state index is 13.0. The van der Waals surface area contributed by atoms with Gasteiger partial charge in [0.2, 0.25) is 0 Å². The Labute approximate surface area is 146 Å². The summed E-state index contributed by atoms with van der Waals surface area (Å²) < 4.78 is 5.68. The van der Waals surface area contributed by atoms with E-state index in [1.54, 1.807) is 18.0 Å². The zero-order valence-electron chi connectivity index (χ0n) is 13.8. The number of pyridine rings is 1. The molecule has 0 saturated heterocycles. The molecule has 7 heteroatoms. The first-order chi connectivity index (χ1) is 11.6. The molecule has 0 saturated carbocycles. The van der Waals surface area contributed by atoms with Crippen LogP contribution in [0.5, 0.6) is 5.75 Å². The van der Waals surface area contributed by atoms with E-state index in [2.05, 4.69) is 10.3 Å². The fourth-order valence-electron chi connectivity index (χ4n) is 2.52. The van der Waals surface area contributed by atoms with Crippen molar-refractivity contribution >= 4 is 28.9 Å². The minimum Gasteiger partial charge on any atom is -0.489 e. The van der Waals surface area contributed by atoms with Crippen LogP contribution < -0.4 is 15.0 Å². The van der Waals surface area contributed by atoms with Crippen LogP contribution >= 0.6 is 11.6 Å². The second-order valence-corrected chi connectivity index (χ2v) is 5.54. The van der Waals surface area contributed by atoms with Crippen molar-refractivity contribution in [1.82, 2.24) is 4.98 Å². The lowest BCUT2D eigenvalue weighted by atomic mass is 10.1. The van der Waals surface area contributed by atoms with Gasteiger partial charge in [-0.1, -0.05) is 23.7 Å². The lowest BCUT2D eigenvalue weighted by molar-refractivity contribution is 0.0957. The highest BCUT2D eigenvalue weighted by molar-refractivity contribution is 6.31. The molecule has 0 bridgehead atoms. The minimum atomic E-state index is -0.177. The number of aliphatic hydroxyl groups excluding tert-OH is 1. The van der Waals surface area contributed by atoms with Crippen LogP contribution in [0.25, 0.3) is 0 Å². The number of amides is 1. The van der Waals surface area contributed by atoms with Gasteiger partial charge in [-0.3, -0.25) is 9.69 Å². The number of ether oxygens (including phenoxy) is 1. The van der Waals surface area contributed by atoms with E-state index >= 15 is 0 Å². The topological polar surface area (TPSA) is 74.7 Å². The summed E-state index contributed by atoms with van der Waals surface area (Å²) in [5.74, 6) is 0.526. The second kappa shape index (κ2) is 7.99. The maximum absolute atomic E-state index is 13.0. The number of carbonyl (C=O) groups is 1. The number of nitrogens with zero attached hydrogens (tertiary/aromatic N) is 2. The maximum Gasteiger partial charge on any atom is 0.279 e. The first-order valence-corrected chi connectivity index (χ1v) is 7.83. The summed E-state index contributed by atoms with van der Waals surface area (Å²) in [6, 6.07) is 9.11. The summed E-state index contributed by atoms with van der Waals surface area (Å²) in [5.41, 5.74) is 1.70. The Morgan fingerprint density at radius 2 is 2.12 bits per heavy atom. The zero-order chi connectivity index (χ0) is 17.7. The van der Waals surface area contributed by atoms with Gasteiger partial charge in [0.1, 0.15) is 12.4 Å². The number of hydrogen-bond donors (Lipinski definition) is 2. The first kappa shape index (κ1) is 18.0. The molecule has 1 aromatic carbocycles. The van der Waals surface area contributed by atoms with Crippen molar-refractivity contribution in [3.8, 4) is 5.75 Å². The number of hydrogen-bond acceptors (Lipinski definition) is 5. The third-order valence-corrected chi connectivity index (χ3v) is 3.80. The predicted octanol–water partition coefficient (Wildman–Crippen LogP) is 2.81. The van der Waals surface area contributed by atoms with Gasteiger partial charge in [-0.2, -0.15) is 0 Å². The SMILES string of the molecule is CNc1cc(Cl)cnc1C(=O)N1c2ccccc2OCC1C.CO. The van der Waals surface area contributed by atoms with E-state index in [1.165, 1.54) is 6.20 Å². The number of aromatic nitrogens is 1. The van der Waals surface area contributed by atoms with Gasteiger partial charge < -0.3 is 15.2 Å². The van der Waals surface area contributed by atoms with Gasteiger partial charge in [-0.25, -0.2) is 4.98 Å². The number of fused-ring (bicyclic) bond motifs is 1. The molecule has 24 heavy (non-hydrogen) atoms. The smallest absolute Gasteiger partial charge is 0.279 e. The van der Waals surface area contributed by atoms with Crippen LogP contribution in [0, 0.1) is 0 Å². The molecule has 0 radical (unpaired) electrons. The predicted molar refractivity (Wildman–Crippen MR) is 95.1 cm³/mol. The van der Waals surface area contributed by atoms with Crippen LogP contribution in [-0.4, -0.2) is 42.8 Å². The Kier molecular flexibility index (Phi) is 6.00. The molecule has 0 aliphatic carbocycles. The number of rotatable bonds is 2. The molecular weight excluding hydrogens is 330 g/mol. The van der Waals surface area contributed by atoms with Gasteiger partial charge in [-0.05, 0) is 25.1 Å². The number of anilines is 2. The van der Waals surface area contributed by atoms with Crippen LogP contribution in [0.2, 0.25) is 5.02 Å². The van der Waals surface area contributed by atoms with Crippen molar-refractivity contribution < 1.29 is 14.6 Å². The number of carbonyl (C=O) groups excluding carboxylic acids is 1. The molecule has 2 heterocycles. The van der Waals surface area contributed by atoms with Crippen LogP contribution in [-0.2, 0) is 0 Å². The molecule has 3 rings (SSSR count). The van der Waals surface area contributed by atoms with Crippen LogP contribution in [0.1, 0.15) is 17.4 Å². The third kappa shape index (κ3) is 3.44. The summed E-state index contributed by atoms with van der Waals surface area (Å²) in [5, 5.41) is 10.5. The van der Waals surface area contributed by atoms with Crippen molar-refractivity contribution in [3.63, 3.8) is 0 Å². The van der Waals surface area contributed by atoms with Gasteiger partial charge in [0.15, 0.2) is 5.69 Å². The molecule has 2 N–H and O–H groups in total. The van der Waals surface area contributed by atoms with Crippen molar-refractivity contribution in [1.29, 1.82) is 0 Å². The van der Waals surface area contributed by atoms with Gasteiger partial charge in [0, 0.05) is 20.4 Å². The normalized spacial score (nSPS) is 15.5. The number of nitrogens with one attached hydrogen (secondary N) is 1. The van der Waals surface area contributed by atoms with E-state index in [0.29, 0.717) is 28.8 Å². The molecule has 1 atom stereocenters. The molecule has 1 amide bonds. The lowest BCUT2D eigenvalue weighted by Gasteiger charge is -2.35.